The van der Waals surface area contributed by atoms with Crippen molar-refractivity contribution in [3.05, 3.63) is 71.3 Å². The molecule has 0 aliphatic rings. The molecule has 0 aromatic heterocycles. The maximum absolute atomic E-state index is 8.77. The number of benzene rings is 2. The number of nitriles is 1. The quantitative estimate of drug-likeness (QED) is 0.685. The smallest absolute Gasteiger partial charge is 0.0991 e. The molecular formula is C15H11N. The molecule has 0 N–H and O–H groups in total. The number of nitrogens with zero attached hydrogens (tertiary/aromatic N) is 1. The van der Waals surface area contributed by atoms with Gasteiger partial charge in [0.1, 0.15) is 0 Å². The minimum Gasteiger partial charge on any atom is -0.192 e. The lowest BCUT2D eigenvalue weighted by Crippen LogP contribution is -1.76. The van der Waals surface area contributed by atoms with E-state index in [2.05, 4.69) is 6.07 Å². The molecule has 16 heavy (non-hydrogen) atoms. The zero-order chi connectivity index (χ0) is 11.2. The maximum Gasteiger partial charge on any atom is 0.0991 e. The summed E-state index contributed by atoms with van der Waals surface area (Å²) in [6.07, 6.45) is 4.05. The highest BCUT2D eigenvalue weighted by Gasteiger charge is 1.90. The first kappa shape index (κ1) is 10.2. The van der Waals surface area contributed by atoms with E-state index in [4.69, 9.17) is 5.26 Å². The van der Waals surface area contributed by atoms with Gasteiger partial charge in [0.05, 0.1) is 11.6 Å². The largest absolute Gasteiger partial charge is 0.192 e. The monoisotopic (exact) mass is 205 g/mol. The molecule has 0 amide bonds. The summed E-state index contributed by atoms with van der Waals surface area (Å²) < 4.78 is 0. The highest BCUT2D eigenvalue weighted by Crippen LogP contribution is 2.09. The molecule has 0 radical (unpaired) electrons. The predicted octanol–water partition coefficient (Wildman–Crippen LogP) is 3.73. The summed E-state index contributed by atoms with van der Waals surface area (Å²) in [7, 11) is 0. The summed E-state index contributed by atoms with van der Waals surface area (Å²) in [4.78, 5) is 0. The van der Waals surface area contributed by atoms with Crippen molar-refractivity contribution in [2.24, 2.45) is 0 Å². The van der Waals surface area contributed by atoms with Gasteiger partial charge in [-0.2, -0.15) is 5.26 Å². The molecule has 0 aliphatic carbocycles. The third-order valence-corrected chi connectivity index (χ3v) is 2.28. The first-order valence-electron chi connectivity index (χ1n) is 5.12. The molecule has 76 valence electrons. The summed E-state index contributed by atoms with van der Waals surface area (Å²) in [5.41, 5.74) is 2.89. The van der Waals surface area contributed by atoms with Gasteiger partial charge < -0.3 is 0 Å². The minimum atomic E-state index is 0.690. The Morgan fingerprint density at radius 2 is 1.50 bits per heavy atom. The molecule has 1 nitrogen and oxygen atoms in total. The van der Waals surface area contributed by atoms with Crippen molar-refractivity contribution in [2.45, 2.75) is 0 Å². The van der Waals surface area contributed by atoms with Gasteiger partial charge in [0.15, 0.2) is 0 Å². The molecule has 0 saturated carbocycles. The zero-order valence-electron chi connectivity index (χ0n) is 8.80. The number of hydrogen-bond donors (Lipinski definition) is 0. The molecule has 0 aliphatic heterocycles. The normalized spacial score (nSPS) is 10.2. The van der Waals surface area contributed by atoms with Gasteiger partial charge in [-0.25, -0.2) is 0 Å². The van der Waals surface area contributed by atoms with E-state index in [1.54, 1.807) is 6.07 Å². The molecule has 0 bridgehead atoms. The van der Waals surface area contributed by atoms with Crippen LogP contribution in [0.1, 0.15) is 16.7 Å². The van der Waals surface area contributed by atoms with E-state index in [0.29, 0.717) is 5.56 Å². The van der Waals surface area contributed by atoms with Crippen molar-refractivity contribution >= 4 is 12.2 Å². The van der Waals surface area contributed by atoms with E-state index >= 15 is 0 Å². The van der Waals surface area contributed by atoms with Crippen LogP contribution in [0, 0.1) is 11.3 Å². The molecule has 1 heteroatoms. The molecular weight excluding hydrogens is 194 g/mol. The summed E-state index contributed by atoms with van der Waals surface area (Å²) in [5, 5.41) is 8.77. The van der Waals surface area contributed by atoms with Gasteiger partial charge in [-0.3, -0.25) is 0 Å². The Kier molecular flexibility index (Phi) is 3.15. The van der Waals surface area contributed by atoms with Crippen LogP contribution in [-0.2, 0) is 0 Å². The highest BCUT2D eigenvalue weighted by molar-refractivity contribution is 5.70. The highest BCUT2D eigenvalue weighted by atomic mass is 14.2. The van der Waals surface area contributed by atoms with Gasteiger partial charge in [-0.1, -0.05) is 54.6 Å². The first-order valence-corrected chi connectivity index (χ1v) is 5.12. The van der Waals surface area contributed by atoms with Gasteiger partial charge >= 0.3 is 0 Å². The van der Waals surface area contributed by atoms with Crippen LogP contribution in [0.5, 0.6) is 0 Å². The SMILES string of the molecule is N#Cc1cccc(/C=C/c2ccccc2)c1. The third kappa shape index (κ3) is 2.59. The van der Waals surface area contributed by atoms with Crippen LogP contribution in [0.15, 0.2) is 54.6 Å². The third-order valence-electron chi connectivity index (χ3n) is 2.28. The Hall–Kier alpha value is -2.33. The van der Waals surface area contributed by atoms with Crippen molar-refractivity contribution in [1.82, 2.24) is 0 Å². The van der Waals surface area contributed by atoms with Gasteiger partial charge in [0.25, 0.3) is 0 Å². The van der Waals surface area contributed by atoms with Gasteiger partial charge in [0, 0.05) is 0 Å². The van der Waals surface area contributed by atoms with Crippen LogP contribution in [-0.4, -0.2) is 0 Å². The molecule has 2 aromatic carbocycles. The lowest BCUT2D eigenvalue weighted by atomic mass is 10.1. The van der Waals surface area contributed by atoms with Crippen LogP contribution in [0.25, 0.3) is 12.2 Å². The number of hydrogen-bond acceptors (Lipinski definition) is 1. The second-order valence-electron chi connectivity index (χ2n) is 3.48. The van der Waals surface area contributed by atoms with Crippen LogP contribution >= 0.6 is 0 Å². The van der Waals surface area contributed by atoms with Crippen molar-refractivity contribution in [3.8, 4) is 6.07 Å². The molecule has 2 rings (SSSR count). The van der Waals surface area contributed by atoms with E-state index in [1.807, 2.05) is 60.7 Å². The fourth-order valence-electron chi connectivity index (χ4n) is 1.47. The standard InChI is InChI=1S/C15H11N/c16-12-15-8-4-7-14(11-15)10-9-13-5-2-1-3-6-13/h1-11H/b10-9+. The molecule has 0 heterocycles. The summed E-state index contributed by atoms with van der Waals surface area (Å²) in [5.74, 6) is 0. The minimum absolute atomic E-state index is 0.690. The van der Waals surface area contributed by atoms with Crippen LogP contribution < -0.4 is 0 Å². The fraction of sp³-hybridized carbons (Fsp3) is 0. The van der Waals surface area contributed by atoms with E-state index in [-0.39, 0.29) is 0 Å². The lowest BCUT2D eigenvalue weighted by Gasteiger charge is -1.94. The topological polar surface area (TPSA) is 23.8 Å². The molecule has 2 aromatic rings. The van der Waals surface area contributed by atoms with Gasteiger partial charge in [0.2, 0.25) is 0 Å². The Bertz CT molecular complexity index is 533. The average Bonchev–Trinajstić information content (AvgIpc) is 2.38. The fourth-order valence-corrected chi connectivity index (χ4v) is 1.47. The van der Waals surface area contributed by atoms with E-state index in [9.17, 15) is 0 Å². The maximum atomic E-state index is 8.77. The van der Waals surface area contributed by atoms with Crippen LogP contribution in [0.4, 0.5) is 0 Å². The van der Waals surface area contributed by atoms with E-state index < -0.39 is 0 Å². The molecule has 0 unspecified atom stereocenters. The van der Waals surface area contributed by atoms with Crippen molar-refractivity contribution < 1.29 is 0 Å². The molecule has 0 spiro atoms. The van der Waals surface area contributed by atoms with Gasteiger partial charge in [-0.05, 0) is 23.3 Å². The van der Waals surface area contributed by atoms with E-state index in [0.717, 1.165) is 11.1 Å². The predicted molar refractivity (Wildman–Crippen MR) is 66.5 cm³/mol. The summed E-state index contributed by atoms with van der Waals surface area (Å²) in [6.45, 7) is 0. The summed E-state index contributed by atoms with van der Waals surface area (Å²) in [6, 6.07) is 19.8. The summed E-state index contributed by atoms with van der Waals surface area (Å²) >= 11 is 0. The zero-order valence-corrected chi connectivity index (χ0v) is 8.80. The lowest BCUT2D eigenvalue weighted by molar-refractivity contribution is 1.48. The average molecular weight is 205 g/mol. The Morgan fingerprint density at radius 1 is 0.812 bits per heavy atom. The van der Waals surface area contributed by atoms with Crippen molar-refractivity contribution in [1.29, 1.82) is 5.26 Å². The molecule has 0 fully saturated rings. The second-order valence-corrected chi connectivity index (χ2v) is 3.48. The van der Waals surface area contributed by atoms with Gasteiger partial charge in [-0.15, -0.1) is 0 Å². The molecule has 0 saturated heterocycles. The van der Waals surface area contributed by atoms with Crippen molar-refractivity contribution in [3.63, 3.8) is 0 Å². The first-order chi connectivity index (χ1) is 7.88. The van der Waals surface area contributed by atoms with Crippen molar-refractivity contribution in [2.75, 3.05) is 0 Å². The van der Waals surface area contributed by atoms with Crippen LogP contribution in [0.2, 0.25) is 0 Å². The number of rotatable bonds is 2. The Balaban J connectivity index is 2.21. The van der Waals surface area contributed by atoms with Crippen LogP contribution in [0.3, 0.4) is 0 Å². The Labute approximate surface area is 95.3 Å². The van der Waals surface area contributed by atoms with E-state index in [1.165, 1.54) is 0 Å². The second kappa shape index (κ2) is 4.95. The Morgan fingerprint density at radius 3 is 2.25 bits per heavy atom. The molecule has 0 atom stereocenters.